The number of nitrogens with zero attached hydrogens (tertiary/aromatic N) is 2. The predicted molar refractivity (Wildman–Crippen MR) is 83.0 cm³/mol. The first-order valence-corrected chi connectivity index (χ1v) is 7.35. The molecule has 1 aromatic heterocycles. The second-order valence-corrected chi connectivity index (χ2v) is 6.09. The van der Waals surface area contributed by atoms with Crippen LogP contribution >= 0.6 is 0 Å². The highest BCUT2D eigenvalue weighted by molar-refractivity contribution is 5.92. The normalized spacial score (nSPS) is 18.1. The quantitative estimate of drug-likeness (QED) is 0.900. The van der Waals surface area contributed by atoms with E-state index in [-0.39, 0.29) is 0 Å². The summed E-state index contributed by atoms with van der Waals surface area (Å²) in [4.78, 5) is 0. The molecule has 1 aliphatic heterocycles. The molecular formula is C16H22N4. The summed E-state index contributed by atoms with van der Waals surface area (Å²) in [6.07, 6.45) is 2.41. The Balaban J connectivity index is 1.82. The lowest BCUT2D eigenvalue weighted by molar-refractivity contribution is 0.247. The van der Waals surface area contributed by atoms with Crippen molar-refractivity contribution in [1.82, 2.24) is 15.5 Å². The number of benzene rings is 1. The fraction of sp³-hybridized carbons (Fsp3) is 0.500. The molecule has 4 heteroatoms. The highest BCUT2D eigenvalue weighted by atomic mass is 15.2. The fourth-order valence-corrected chi connectivity index (χ4v) is 2.87. The second-order valence-electron chi connectivity index (χ2n) is 6.09. The zero-order valence-corrected chi connectivity index (χ0v) is 12.2. The monoisotopic (exact) mass is 270 g/mol. The van der Waals surface area contributed by atoms with Crippen LogP contribution in [0, 0.1) is 12.3 Å². The Hall–Kier alpha value is -1.68. The average Bonchev–Trinajstić information content (AvgIpc) is 2.48. The van der Waals surface area contributed by atoms with Crippen molar-refractivity contribution < 1.29 is 0 Å². The maximum atomic E-state index is 4.35. The average molecular weight is 270 g/mol. The first-order valence-electron chi connectivity index (χ1n) is 7.35. The van der Waals surface area contributed by atoms with E-state index in [2.05, 4.69) is 52.0 Å². The van der Waals surface area contributed by atoms with Crippen LogP contribution in [0.2, 0.25) is 0 Å². The Morgan fingerprint density at radius 2 is 1.85 bits per heavy atom. The molecule has 106 valence electrons. The van der Waals surface area contributed by atoms with E-state index < -0.39 is 0 Å². The summed E-state index contributed by atoms with van der Waals surface area (Å²) >= 11 is 0. The molecular weight excluding hydrogens is 248 g/mol. The Labute approximate surface area is 120 Å². The van der Waals surface area contributed by atoms with Crippen LogP contribution in [0.1, 0.15) is 25.5 Å². The van der Waals surface area contributed by atoms with E-state index in [9.17, 15) is 0 Å². The minimum absolute atomic E-state index is 0.346. The van der Waals surface area contributed by atoms with Crippen molar-refractivity contribution in [3.8, 4) is 0 Å². The van der Waals surface area contributed by atoms with Crippen molar-refractivity contribution in [2.24, 2.45) is 5.41 Å². The van der Waals surface area contributed by atoms with Gasteiger partial charge in [0.1, 0.15) is 0 Å². The third-order valence-corrected chi connectivity index (χ3v) is 4.37. The topological polar surface area (TPSA) is 49.8 Å². The van der Waals surface area contributed by atoms with Gasteiger partial charge >= 0.3 is 0 Å². The lowest BCUT2D eigenvalue weighted by atomic mass is 9.81. The van der Waals surface area contributed by atoms with E-state index in [1.54, 1.807) is 0 Å². The van der Waals surface area contributed by atoms with E-state index in [1.807, 2.05) is 6.92 Å². The minimum Gasteiger partial charge on any atom is -0.368 e. The highest BCUT2D eigenvalue weighted by Crippen LogP contribution is 2.29. The van der Waals surface area contributed by atoms with Gasteiger partial charge in [0, 0.05) is 17.3 Å². The molecule has 20 heavy (non-hydrogen) atoms. The van der Waals surface area contributed by atoms with E-state index in [0.29, 0.717) is 5.41 Å². The van der Waals surface area contributed by atoms with Crippen molar-refractivity contribution in [1.29, 1.82) is 0 Å². The molecule has 2 heterocycles. The summed E-state index contributed by atoms with van der Waals surface area (Å²) < 4.78 is 0. The van der Waals surface area contributed by atoms with Crippen molar-refractivity contribution >= 4 is 16.6 Å². The first-order chi connectivity index (χ1) is 9.68. The molecule has 2 N–H and O–H groups in total. The summed E-state index contributed by atoms with van der Waals surface area (Å²) in [6.45, 7) is 7.53. The molecule has 1 fully saturated rings. The number of aromatic nitrogens is 2. The Morgan fingerprint density at radius 3 is 2.60 bits per heavy atom. The Morgan fingerprint density at radius 1 is 1.15 bits per heavy atom. The maximum absolute atomic E-state index is 4.35. The second kappa shape index (κ2) is 5.37. The van der Waals surface area contributed by atoms with Crippen molar-refractivity contribution in [2.45, 2.75) is 26.7 Å². The number of hydrogen-bond acceptors (Lipinski definition) is 4. The summed E-state index contributed by atoms with van der Waals surface area (Å²) in [5, 5.41) is 17.9. The van der Waals surface area contributed by atoms with Gasteiger partial charge in [-0.3, -0.25) is 0 Å². The van der Waals surface area contributed by atoms with Gasteiger partial charge in [-0.1, -0.05) is 31.2 Å². The number of aryl methyl sites for hydroxylation is 1. The first kappa shape index (κ1) is 13.3. The van der Waals surface area contributed by atoms with E-state index in [4.69, 9.17) is 0 Å². The van der Waals surface area contributed by atoms with Gasteiger partial charge in [0.15, 0.2) is 5.82 Å². The number of fused-ring (bicyclic) bond motifs is 1. The molecule has 0 radical (unpaired) electrons. The van der Waals surface area contributed by atoms with Gasteiger partial charge in [-0.05, 0) is 38.3 Å². The van der Waals surface area contributed by atoms with Crippen molar-refractivity contribution in [3.05, 3.63) is 30.0 Å². The number of anilines is 1. The summed E-state index contributed by atoms with van der Waals surface area (Å²) in [5.41, 5.74) is 1.33. The number of piperidine rings is 1. The third kappa shape index (κ3) is 2.61. The lowest BCUT2D eigenvalue weighted by Gasteiger charge is -2.34. The van der Waals surface area contributed by atoms with Gasteiger partial charge in [-0.2, -0.15) is 5.10 Å². The largest absolute Gasteiger partial charge is 0.368 e. The SMILES string of the molecule is Cc1nnc(NCC2(C)CCNCC2)c2ccccc12. The molecule has 0 aliphatic carbocycles. The number of hydrogen-bond donors (Lipinski definition) is 2. The van der Waals surface area contributed by atoms with Crippen LogP contribution in [0.3, 0.4) is 0 Å². The highest BCUT2D eigenvalue weighted by Gasteiger charge is 2.26. The van der Waals surface area contributed by atoms with Crippen LogP contribution in [-0.2, 0) is 0 Å². The molecule has 1 aliphatic rings. The van der Waals surface area contributed by atoms with Crippen molar-refractivity contribution in [3.63, 3.8) is 0 Å². The molecule has 1 aromatic carbocycles. The van der Waals surface area contributed by atoms with Crippen LogP contribution in [0.25, 0.3) is 10.8 Å². The van der Waals surface area contributed by atoms with Gasteiger partial charge in [-0.15, -0.1) is 5.10 Å². The van der Waals surface area contributed by atoms with E-state index in [1.165, 1.54) is 18.2 Å². The Bertz CT molecular complexity index is 602. The summed E-state index contributed by atoms with van der Waals surface area (Å²) in [6, 6.07) is 8.33. The van der Waals surface area contributed by atoms with Gasteiger partial charge in [0.25, 0.3) is 0 Å². The summed E-state index contributed by atoms with van der Waals surface area (Å²) in [5.74, 6) is 0.908. The van der Waals surface area contributed by atoms with Crippen LogP contribution in [0.5, 0.6) is 0 Å². The molecule has 0 spiro atoms. The molecule has 1 saturated heterocycles. The standard InChI is InChI=1S/C16H22N4/c1-12-13-5-3-4-6-14(13)15(20-19-12)18-11-16(2)7-9-17-10-8-16/h3-6,17H,7-11H2,1-2H3,(H,18,20). The smallest absolute Gasteiger partial charge is 0.156 e. The molecule has 3 rings (SSSR count). The number of nitrogens with one attached hydrogen (secondary N) is 2. The molecule has 0 saturated carbocycles. The molecule has 4 nitrogen and oxygen atoms in total. The van der Waals surface area contributed by atoms with Crippen LogP contribution < -0.4 is 10.6 Å². The van der Waals surface area contributed by atoms with Crippen LogP contribution in [0.15, 0.2) is 24.3 Å². The van der Waals surface area contributed by atoms with Gasteiger partial charge in [0.2, 0.25) is 0 Å². The van der Waals surface area contributed by atoms with Gasteiger partial charge in [0.05, 0.1) is 5.69 Å². The third-order valence-electron chi connectivity index (χ3n) is 4.37. The van der Waals surface area contributed by atoms with Gasteiger partial charge < -0.3 is 10.6 Å². The molecule has 0 unspecified atom stereocenters. The summed E-state index contributed by atoms with van der Waals surface area (Å²) in [7, 11) is 0. The zero-order chi connectivity index (χ0) is 14.0. The fourth-order valence-electron chi connectivity index (χ4n) is 2.87. The molecule has 2 aromatic rings. The van der Waals surface area contributed by atoms with Crippen LogP contribution in [0.4, 0.5) is 5.82 Å². The van der Waals surface area contributed by atoms with E-state index in [0.717, 1.165) is 36.5 Å². The molecule has 0 bridgehead atoms. The van der Waals surface area contributed by atoms with Gasteiger partial charge in [-0.25, -0.2) is 0 Å². The zero-order valence-electron chi connectivity index (χ0n) is 12.2. The lowest BCUT2D eigenvalue weighted by Crippen LogP contribution is -2.39. The minimum atomic E-state index is 0.346. The van der Waals surface area contributed by atoms with Crippen molar-refractivity contribution in [2.75, 3.05) is 25.0 Å². The van der Waals surface area contributed by atoms with E-state index >= 15 is 0 Å². The Kier molecular flexibility index (Phi) is 3.57. The maximum Gasteiger partial charge on any atom is 0.156 e. The predicted octanol–water partition coefficient (Wildman–Crippen LogP) is 2.74. The molecule has 0 atom stereocenters. The van der Waals surface area contributed by atoms with Crippen LogP contribution in [-0.4, -0.2) is 29.8 Å². The number of rotatable bonds is 3. The molecule has 0 amide bonds.